The van der Waals surface area contributed by atoms with Crippen LogP contribution in [0.15, 0.2) is 65.8 Å². The van der Waals surface area contributed by atoms with Crippen LogP contribution in [0.2, 0.25) is 5.04 Å². The zero-order valence-electron chi connectivity index (χ0n) is 19.5. The molecule has 2 rings (SSSR count). The first-order valence-electron chi connectivity index (χ1n) is 11.3. The number of unbranched alkanes of at least 4 members (excludes halogenated alkanes) is 2. The summed E-state index contributed by atoms with van der Waals surface area (Å²) in [6, 6.07) is 21.3. The molecule has 0 heterocycles. The van der Waals surface area contributed by atoms with Gasteiger partial charge in [-0.1, -0.05) is 92.5 Å². The third-order valence-electron chi connectivity index (χ3n) is 5.50. The number of nitrogens with zero attached hydrogens (tertiary/aromatic N) is 3. The van der Waals surface area contributed by atoms with Crippen LogP contribution in [-0.4, -0.2) is 32.7 Å². The summed E-state index contributed by atoms with van der Waals surface area (Å²) in [5.74, 6) is 5.85. The van der Waals surface area contributed by atoms with Gasteiger partial charge in [-0.3, -0.25) is 0 Å². The molecule has 6 heteroatoms. The molecule has 170 valence electrons. The normalized spacial score (nSPS) is 12.4. The van der Waals surface area contributed by atoms with E-state index in [9.17, 15) is 5.11 Å². The molecule has 0 aliphatic heterocycles. The van der Waals surface area contributed by atoms with Crippen molar-refractivity contribution in [2.75, 3.05) is 13.2 Å². The van der Waals surface area contributed by atoms with E-state index in [1.165, 1.54) is 10.4 Å². The Bertz CT molecular complexity index is 871. The van der Waals surface area contributed by atoms with Gasteiger partial charge in [-0.15, -0.1) is 5.92 Å². The van der Waals surface area contributed by atoms with Crippen LogP contribution in [0.3, 0.4) is 0 Å². The quantitative estimate of drug-likeness (QED) is 0.128. The fourth-order valence-electron chi connectivity index (χ4n) is 3.97. The molecule has 0 amide bonds. The first-order chi connectivity index (χ1) is 15.4. The lowest BCUT2D eigenvalue weighted by atomic mass is 10.1. The van der Waals surface area contributed by atoms with Gasteiger partial charge in [0.25, 0.3) is 8.32 Å². The molecular formula is C26H35N3O2Si. The average molecular weight is 450 g/mol. The van der Waals surface area contributed by atoms with Gasteiger partial charge >= 0.3 is 0 Å². The molecule has 0 aromatic heterocycles. The molecule has 0 aliphatic rings. The van der Waals surface area contributed by atoms with Gasteiger partial charge in [0.2, 0.25) is 0 Å². The highest BCUT2D eigenvalue weighted by atomic mass is 28.4. The maximum Gasteiger partial charge on any atom is 0.261 e. The molecule has 0 aliphatic carbocycles. The Morgan fingerprint density at radius 2 is 1.59 bits per heavy atom. The molecule has 1 unspecified atom stereocenters. The molecule has 2 aromatic rings. The zero-order valence-corrected chi connectivity index (χ0v) is 20.5. The summed E-state index contributed by atoms with van der Waals surface area (Å²) in [5, 5.41) is 16.1. The van der Waals surface area contributed by atoms with E-state index in [1.54, 1.807) is 0 Å². The summed E-state index contributed by atoms with van der Waals surface area (Å²) in [6.45, 7) is 7.93. The lowest BCUT2D eigenvalue weighted by Gasteiger charge is -2.43. The zero-order chi connectivity index (χ0) is 23.3. The highest BCUT2D eigenvalue weighted by molar-refractivity contribution is 6.99. The lowest BCUT2D eigenvalue weighted by Crippen LogP contribution is -2.66. The average Bonchev–Trinajstić information content (AvgIpc) is 2.79. The van der Waals surface area contributed by atoms with Crippen molar-refractivity contribution in [3.8, 4) is 11.8 Å². The van der Waals surface area contributed by atoms with E-state index in [-0.39, 0.29) is 5.04 Å². The smallest absolute Gasteiger partial charge is 0.261 e. The van der Waals surface area contributed by atoms with E-state index in [2.05, 4.69) is 103 Å². The minimum Gasteiger partial charge on any atom is -0.407 e. The van der Waals surface area contributed by atoms with E-state index in [1.807, 2.05) is 0 Å². The fraction of sp³-hybridized carbons (Fsp3) is 0.462. The molecule has 0 saturated carbocycles. The van der Waals surface area contributed by atoms with E-state index in [4.69, 9.17) is 9.96 Å². The molecule has 32 heavy (non-hydrogen) atoms. The van der Waals surface area contributed by atoms with Crippen molar-refractivity contribution in [3.05, 3.63) is 71.1 Å². The largest absolute Gasteiger partial charge is 0.407 e. The number of hydrogen-bond acceptors (Lipinski definition) is 3. The number of hydrogen-bond donors (Lipinski definition) is 1. The molecule has 1 atom stereocenters. The molecule has 0 spiro atoms. The van der Waals surface area contributed by atoms with E-state index < -0.39 is 14.4 Å². The van der Waals surface area contributed by atoms with Crippen molar-refractivity contribution in [1.29, 1.82) is 0 Å². The predicted octanol–water partition coefficient (Wildman–Crippen LogP) is 5.19. The second kappa shape index (κ2) is 13.1. The van der Waals surface area contributed by atoms with Gasteiger partial charge in [0.1, 0.15) is 6.10 Å². The summed E-state index contributed by atoms with van der Waals surface area (Å²) in [4.78, 5) is 2.72. The number of aliphatic hydroxyl groups is 1. The topological polar surface area (TPSA) is 78.2 Å². The number of azide groups is 1. The van der Waals surface area contributed by atoms with Gasteiger partial charge < -0.3 is 9.53 Å². The lowest BCUT2D eigenvalue weighted by molar-refractivity contribution is 0.210. The SMILES string of the molecule is CC(C)(C)[Si](OCCCCC(O)C#CCCCN=[N+]=[N-])(c1ccccc1)c1ccccc1. The number of aliphatic hydroxyl groups excluding tert-OH is 1. The molecule has 0 radical (unpaired) electrons. The molecule has 2 aromatic carbocycles. The maximum atomic E-state index is 10.1. The van der Waals surface area contributed by atoms with E-state index >= 15 is 0 Å². The van der Waals surface area contributed by atoms with Gasteiger partial charge in [0.05, 0.1) is 0 Å². The van der Waals surface area contributed by atoms with Crippen LogP contribution >= 0.6 is 0 Å². The number of rotatable bonds is 11. The van der Waals surface area contributed by atoms with Crippen molar-refractivity contribution in [2.45, 2.75) is 64.0 Å². The van der Waals surface area contributed by atoms with Crippen molar-refractivity contribution in [1.82, 2.24) is 0 Å². The highest BCUT2D eigenvalue weighted by Crippen LogP contribution is 2.36. The fourth-order valence-corrected chi connectivity index (χ4v) is 8.58. The van der Waals surface area contributed by atoms with Gasteiger partial charge in [-0.2, -0.15) is 0 Å². The Labute approximate surface area is 193 Å². The van der Waals surface area contributed by atoms with Crippen LogP contribution in [-0.2, 0) is 4.43 Å². The monoisotopic (exact) mass is 449 g/mol. The van der Waals surface area contributed by atoms with Crippen LogP contribution in [0.5, 0.6) is 0 Å². The first kappa shape index (κ1) is 25.7. The van der Waals surface area contributed by atoms with Gasteiger partial charge in [0, 0.05) is 24.5 Å². The van der Waals surface area contributed by atoms with Crippen LogP contribution in [0.25, 0.3) is 10.4 Å². The summed E-state index contributed by atoms with van der Waals surface area (Å²) >= 11 is 0. The third-order valence-corrected chi connectivity index (χ3v) is 10.5. The Hall–Kier alpha value is -2.55. The minimum absolute atomic E-state index is 0.0315. The standard InChI is InChI=1S/C26H35N3O2Si/c1-26(2,3)32(24-17-8-4-9-18-24,25-19-10-5-11-20-25)31-22-14-12-16-23(30)15-7-6-13-21-28-29-27/h4-5,8-11,17-20,23,30H,6,12-14,16,21-22H2,1-3H3. The van der Waals surface area contributed by atoms with E-state index in [0.717, 1.165) is 19.3 Å². The third kappa shape index (κ3) is 7.25. The van der Waals surface area contributed by atoms with Gasteiger partial charge in [-0.05, 0) is 46.6 Å². The summed E-state index contributed by atoms with van der Waals surface area (Å²) in [7, 11) is -2.49. The summed E-state index contributed by atoms with van der Waals surface area (Å²) in [6.07, 6.45) is 3.09. The molecular weight excluding hydrogens is 414 g/mol. The van der Waals surface area contributed by atoms with Crippen molar-refractivity contribution >= 4 is 18.7 Å². The molecule has 0 saturated heterocycles. The second-order valence-corrected chi connectivity index (χ2v) is 13.2. The van der Waals surface area contributed by atoms with E-state index in [0.29, 0.717) is 26.0 Å². The Morgan fingerprint density at radius 1 is 1.00 bits per heavy atom. The first-order valence-corrected chi connectivity index (χ1v) is 13.2. The van der Waals surface area contributed by atoms with Crippen LogP contribution < -0.4 is 10.4 Å². The van der Waals surface area contributed by atoms with Gasteiger partial charge in [0.15, 0.2) is 0 Å². The van der Waals surface area contributed by atoms with Crippen LogP contribution in [0.4, 0.5) is 0 Å². The van der Waals surface area contributed by atoms with Crippen LogP contribution in [0.1, 0.15) is 52.9 Å². The van der Waals surface area contributed by atoms with Crippen LogP contribution in [0, 0.1) is 11.8 Å². The maximum absolute atomic E-state index is 10.1. The molecule has 1 N–H and O–H groups in total. The Balaban J connectivity index is 2.00. The molecule has 0 fully saturated rings. The minimum atomic E-state index is -2.49. The van der Waals surface area contributed by atoms with Crippen molar-refractivity contribution in [2.24, 2.45) is 5.11 Å². The highest BCUT2D eigenvalue weighted by Gasteiger charge is 2.49. The Morgan fingerprint density at radius 3 is 2.12 bits per heavy atom. The number of benzene rings is 2. The molecule has 0 bridgehead atoms. The predicted molar refractivity (Wildman–Crippen MR) is 134 cm³/mol. The second-order valence-electron chi connectivity index (χ2n) is 8.90. The van der Waals surface area contributed by atoms with Gasteiger partial charge in [-0.25, -0.2) is 0 Å². The Kier molecular flexibility index (Phi) is 10.5. The summed E-state index contributed by atoms with van der Waals surface area (Å²) < 4.78 is 6.87. The van der Waals surface area contributed by atoms with Crippen molar-refractivity contribution in [3.63, 3.8) is 0 Å². The summed E-state index contributed by atoms with van der Waals surface area (Å²) in [5.41, 5.74) is 8.25. The van der Waals surface area contributed by atoms with Crippen molar-refractivity contribution < 1.29 is 9.53 Å². The molecule has 5 nitrogen and oxygen atoms in total.